The average molecular weight is 336 g/mol. The summed E-state index contributed by atoms with van der Waals surface area (Å²) in [5.41, 5.74) is 1.09. The van der Waals surface area contributed by atoms with Crippen molar-refractivity contribution in [3.8, 4) is 5.88 Å². The highest BCUT2D eigenvalue weighted by Crippen LogP contribution is 2.28. The van der Waals surface area contributed by atoms with Crippen molar-refractivity contribution in [3.63, 3.8) is 0 Å². The van der Waals surface area contributed by atoms with Gasteiger partial charge in [-0.25, -0.2) is 0 Å². The molecule has 3 aromatic rings. The van der Waals surface area contributed by atoms with Crippen molar-refractivity contribution in [1.82, 2.24) is 19.8 Å². The molecule has 1 N–H and O–H groups in total. The van der Waals surface area contributed by atoms with E-state index < -0.39 is 0 Å². The lowest BCUT2D eigenvalue weighted by Gasteiger charge is -2.44. The number of hydrogen-bond acceptors (Lipinski definition) is 4. The van der Waals surface area contributed by atoms with Crippen LogP contribution in [0.2, 0.25) is 0 Å². The van der Waals surface area contributed by atoms with Crippen molar-refractivity contribution in [1.29, 1.82) is 0 Å². The van der Waals surface area contributed by atoms with E-state index in [4.69, 9.17) is 4.42 Å². The lowest BCUT2D eigenvalue weighted by molar-refractivity contribution is 0.0618. The molecule has 3 aromatic heterocycles. The third-order valence-electron chi connectivity index (χ3n) is 5.45. The number of pyridine rings is 1. The fraction of sp³-hybridized carbons (Fsp3) is 0.368. The number of piperidine rings is 3. The van der Waals surface area contributed by atoms with Crippen LogP contribution in [-0.2, 0) is 0 Å². The van der Waals surface area contributed by atoms with Crippen molar-refractivity contribution in [2.45, 2.75) is 18.9 Å². The van der Waals surface area contributed by atoms with Crippen molar-refractivity contribution < 1.29 is 9.21 Å². The molecule has 6 heteroatoms. The fourth-order valence-corrected chi connectivity index (χ4v) is 4.02. The van der Waals surface area contributed by atoms with E-state index >= 15 is 0 Å². The summed E-state index contributed by atoms with van der Waals surface area (Å²) in [5.74, 6) is 1.21. The highest BCUT2D eigenvalue weighted by molar-refractivity contribution is 5.95. The Morgan fingerprint density at radius 2 is 2.00 bits per heavy atom. The number of carbonyl (C=O) groups excluding carboxylic acids is 1. The number of furan rings is 1. The van der Waals surface area contributed by atoms with E-state index in [0.717, 1.165) is 30.9 Å². The molecule has 0 saturated carbocycles. The lowest BCUT2D eigenvalue weighted by Crippen LogP contribution is -2.57. The van der Waals surface area contributed by atoms with Crippen molar-refractivity contribution in [2.24, 2.45) is 5.92 Å². The van der Waals surface area contributed by atoms with E-state index in [0.29, 0.717) is 17.2 Å². The Kier molecular flexibility index (Phi) is 3.38. The Morgan fingerprint density at radius 1 is 1.20 bits per heavy atom. The number of fused-ring (bicyclic) bond motifs is 4. The van der Waals surface area contributed by atoms with Crippen LogP contribution in [0.4, 0.5) is 0 Å². The van der Waals surface area contributed by atoms with Crippen LogP contribution in [0.15, 0.2) is 47.3 Å². The van der Waals surface area contributed by atoms with Crippen molar-refractivity contribution in [2.75, 3.05) is 19.6 Å². The fourth-order valence-electron chi connectivity index (χ4n) is 4.02. The second kappa shape index (κ2) is 5.74. The maximum absolute atomic E-state index is 12.6. The molecule has 0 spiro atoms. The quantitative estimate of drug-likeness (QED) is 0.798. The Morgan fingerprint density at radius 3 is 2.72 bits per heavy atom. The van der Waals surface area contributed by atoms with Crippen LogP contribution in [0.5, 0.6) is 0 Å². The molecule has 0 aromatic carbocycles. The van der Waals surface area contributed by atoms with Gasteiger partial charge in [0.2, 0.25) is 5.88 Å². The smallest absolute Gasteiger partial charge is 0.270 e. The van der Waals surface area contributed by atoms with E-state index in [-0.39, 0.29) is 11.9 Å². The molecule has 2 bridgehead atoms. The first-order chi connectivity index (χ1) is 12.3. The summed E-state index contributed by atoms with van der Waals surface area (Å²) in [7, 11) is 0. The number of carbonyl (C=O) groups is 1. The predicted molar refractivity (Wildman–Crippen MR) is 93.8 cm³/mol. The van der Waals surface area contributed by atoms with E-state index in [1.54, 1.807) is 12.3 Å². The Balaban J connectivity index is 1.38. The number of rotatable bonds is 3. The summed E-state index contributed by atoms with van der Waals surface area (Å²) in [6, 6.07) is 7.78. The van der Waals surface area contributed by atoms with Gasteiger partial charge in [0.1, 0.15) is 11.3 Å². The molecule has 0 aliphatic carbocycles. The van der Waals surface area contributed by atoms with Gasteiger partial charge in [0.25, 0.3) is 5.91 Å². The van der Waals surface area contributed by atoms with Crippen LogP contribution in [0.1, 0.15) is 23.3 Å². The first-order valence-electron chi connectivity index (χ1n) is 8.82. The molecule has 1 amide bonds. The predicted octanol–water partition coefficient (Wildman–Crippen LogP) is 2.44. The molecular formula is C19H20N4O2. The maximum atomic E-state index is 12.6. The molecule has 25 heavy (non-hydrogen) atoms. The van der Waals surface area contributed by atoms with Crippen LogP contribution in [0, 0.1) is 5.92 Å². The second-order valence-corrected chi connectivity index (χ2v) is 7.00. The Hall–Kier alpha value is -2.60. The van der Waals surface area contributed by atoms with Gasteiger partial charge in [0.05, 0.1) is 0 Å². The molecule has 0 radical (unpaired) electrons. The third-order valence-corrected chi connectivity index (χ3v) is 5.45. The lowest BCUT2D eigenvalue weighted by atomic mass is 9.84. The van der Waals surface area contributed by atoms with E-state index in [1.165, 1.54) is 12.8 Å². The van der Waals surface area contributed by atoms with Crippen LogP contribution >= 0.6 is 0 Å². The minimum absolute atomic E-state index is 0.112. The number of hydrogen-bond donors (Lipinski definition) is 1. The minimum Gasteiger partial charge on any atom is -0.440 e. The summed E-state index contributed by atoms with van der Waals surface area (Å²) in [6.07, 6.45) is 7.90. The molecule has 6 rings (SSSR count). The van der Waals surface area contributed by atoms with Gasteiger partial charge >= 0.3 is 0 Å². The molecule has 1 atom stereocenters. The van der Waals surface area contributed by atoms with Gasteiger partial charge in [-0.1, -0.05) is 0 Å². The topological polar surface area (TPSA) is 63.3 Å². The Labute approximate surface area is 145 Å². The van der Waals surface area contributed by atoms with Gasteiger partial charge in [-0.2, -0.15) is 0 Å². The highest BCUT2D eigenvalue weighted by Gasteiger charge is 2.35. The van der Waals surface area contributed by atoms with Crippen LogP contribution in [-0.4, -0.2) is 46.0 Å². The zero-order valence-corrected chi connectivity index (χ0v) is 13.9. The third kappa shape index (κ3) is 2.62. The molecule has 128 valence electrons. The van der Waals surface area contributed by atoms with Crippen LogP contribution in [0.25, 0.3) is 16.9 Å². The van der Waals surface area contributed by atoms with Gasteiger partial charge in [-0.05, 0) is 44.0 Å². The molecular weight excluding hydrogens is 316 g/mol. The van der Waals surface area contributed by atoms with Gasteiger partial charge in [-0.3, -0.25) is 14.3 Å². The second-order valence-electron chi connectivity index (χ2n) is 7.00. The molecule has 6 heterocycles. The summed E-state index contributed by atoms with van der Waals surface area (Å²) in [5, 5.41) is 4.07. The highest BCUT2D eigenvalue weighted by atomic mass is 16.4. The largest absolute Gasteiger partial charge is 0.440 e. The maximum Gasteiger partial charge on any atom is 0.270 e. The zero-order chi connectivity index (χ0) is 16.8. The average Bonchev–Trinajstić information content (AvgIpc) is 3.31. The molecule has 0 unspecified atom stereocenters. The van der Waals surface area contributed by atoms with Gasteiger partial charge < -0.3 is 14.6 Å². The summed E-state index contributed by atoms with van der Waals surface area (Å²) < 4.78 is 7.77. The molecule has 3 fully saturated rings. The van der Waals surface area contributed by atoms with Crippen molar-refractivity contribution in [3.05, 3.63) is 48.5 Å². The van der Waals surface area contributed by atoms with Crippen molar-refractivity contribution >= 4 is 16.9 Å². The van der Waals surface area contributed by atoms with E-state index in [2.05, 4.69) is 15.2 Å². The zero-order valence-electron chi connectivity index (χ0n) is 13.9. The summed E-state index contributed by atoms with van der Waals surface area (Å²) in [4.78, 5) is 19.4. The minimum atomic E-state index is -0.112. The number of amides is 1. The monoisotopic (exact) mass is 336 g/mol. The van der Waals surface area contributed by atoms with Crippen LogP contribution in [0.3, 0.4) is 0 Å². The number of nitrogens with one attached hydrogen (secondary N) is 1. The van der Waals surface area contributed by atoms with Gasteiger partial charge in [0, 0.05) is 48.7 Å². The number of aromatic nitrogens is 2. The Bertz CT molecular complexity index is 907. The normalized spacial score (nSPS) is 25.4. The number of nitrogens with zero attached hydrogens (tertiary/aromatic N) is 3. The first-order valence-corrected chi connectivity index (χ1v) is 8.82. The summed E-state index contributed by atoms with van der Waals surface area (Å²) in [6.45, 7) is 3.28. The standard InChI is InChI=1S/C19H20N4O2/c24-19(21-16-12-22-7-3-13(16)4-8-22)15-10-17-14(11-20-15)9-18(25-17)23-5-1-2-6-23/h1-2,5-6,9-11,13,16H,3-4,7-8,12H2,(H,21,24)/t16-/m0/s1. The van der Waals surface area contributed by atoms with E-state index in [9.17, 15) is 4.79 Å². The molecule has 3 aliphatic heterocycles. The molecule has 3 aliphatic rings. The van der Waals surface area contributed by atoms with Gasteiger partial charge in [-0.15, -0.1) is 0 Å². The van der Waals surface area contributed by atoms with Gasteiger partial charge in [0.15, 0.2) is 0 Å². The molecule has 6 nitrogen and oxygen atoms in total. The molecule has 3 saturated heterocycles. The summed E-state index contributed by atoms with van der Waals surface area (Å²) >= 11 is 0. The SMILES string of the molecule is O=C(N[C@H]1CN2CCC1CC2)c1cc2oc(-n3cccc3)cc2cn1. The van der Waals surface area contributed by atoms with Crippen LogP contribution < -0.4 is 5.32 Å². The van der Waals surface area contributed by atoms with E-state index in [1.807, 2.05) is 35.2 Å². The first kappa shape index (κ1) is 14.7.